The van der Waals surface area contributed by atoms with E-state index in [0.29, 0.717) is 0 Å². The maximum absolute atomic E-state index is 5.08. The summed E-state index contributed by atoms with van der Waals surface area (Å²) in [7, 11) is 0. The van der Waals surface area contributed by atoms with Crippen LogP contribution in [0, 0.1) is 0 Å². The lowest BCUT2D eigenvalue weighted by molar-refractivity contribution is 0.462. The van der Waals surface area contributed by atoms with E-state index in [1.54, 1.807) is 0 Å². The van der Waals surface area contributed by atoms with Crippen LogP contribution in [-0.2, 0) is 25.9 Å². The molecule has 0 radical (unpaired) electrons. The zero-order valence-electron chi connectivity index (χ0n) is 10.1. The highest BCUT2D eigenvalue weighted by Gasteiger charge is 2.11. The van der Waals surface area contributed by atoms with Gasteiger partial charge in [0.2, 0.25) is 0 Å². The highest BCUT2D eigenvalue weighted by atomic mass is 16.3. The molecule has 0 atom stereocenters. The summed E-state index contributed by atoms with van der Waals surface area (Å²) in [5.74, 6) is 2.00. The molecule has 96 valence electrons. The normalized spacial score (nSPS) is 17.3. The molecule has 0 aromatic carbocycles. The van der Waals surface area contributed by atoms with Crippen molar-refractivity contribution in [2.24, 2.45) is 0 Å². The predicted molar refractivity (Wildman–Crippen MR) is 63.8 cm³/mol. The van der Waals surface area contributed by atoms with Crippen LogP contribution in [0.25, 0.3) is 0 Å². The second-order valence-electron chi connectivity index (χ2n) is 4.30. The number of oxazole rings is 2. The fourth-order valence-corrected chi connectivity index (χ4v) is 2.10. The summed E-state index contributed by atoms with van der Waals surface area (Å²) in [6.45, 7) is 3.74. The Morgan fingerprint density at radius 2 is 1.33 bits per heavy atom. The number of fused-ring (bicyclic) bond motifs is 2. The van der Waals surface area contributed by atoms with Gasteiger partial charge in [0.05, 0.1) is 24.5 Å². The lowest BCUT2D eigenvalue weighted by atomic mass is 10.2. The molecule has 2 aliphatic heterocycles. The lowest BCUT2D eigenvalue weighted by Gasteiger charge is -2.08. The Morgan fingerprint density at radius 1 is 0.833 bits per heavy atom. The molecule has 0 fully saturated rings. The number of rotatable bonds is 0. The molecule has 2 aromatic rings. The molecule has 4 rings (SSSR count). The first-order valence-electron chi connectivity index (χ1n) is 6.17. The van der Waals surface area contributed by atoms with E-state index in [1.165, 1.54) is 12.8 Å². The number of nitrogens with zero attached hydrogens (tertiary/aromatic N) is 2. The minimum atomic E-state index is 0.843. The van der Waals surface area contributed by atoms with Crippen LogP contribution < -0.4 is 10.6 Å². The summed E-state index contributed by atoms with van der Waals surface area (Å²) in [5.41, 5.74) is 2.24. The summed E-state index contributed by atoms with van der Waals surface area (Å²) in [6, 6.07) is 0. The van der Waals surface area contributed by atoms with Gasteiger partial charge in [0, 0.05) is 25.9 Å². The van der Waals surface area contributed by atoms with Gasteiger partial charge >= 0.3 is 0 Å². The van der Waals surface area contributed by atoms with Gasteiger partial charge in [-0.2, -0.15) is 0 Å². The quantitative estimate of drug-likeness (QED) is 0.712. The molecule has 0 saturated carbocycles. The maximum Gasteiger partial charge on any atom is 0.181 e. The molecule has 0 bridgehead atoms. The van der Waals surface area contributed by atoms with E-state index in [-0.39, 0.29) is 0 Å². The van der Waals surface area contributed by atoms with E-state index >= 15 is 0 Å². The summed E-state index contributed by atoms with van der Waals surface area (Å²) in [5, 5.41) is 6.39. The molecular weight excluding hydrogens is 232 g/mol. The molecule has 6 nitrogen and oxygen atoms in total. The first-order valence-corrected chi connectivity index (χ1v) is 6.17. The molecular formula is C12H16N4O2. The van der Waals surface area contributed by atoms with E-state index in [0.717, 1.165) is 61.9 Å². The van der Waals surface area contributed by atoms with Crippen LogP contribution >= 0.6 is 0 Å². The van der Waals surface area contributed by atoms with Gasteiger partial charge in [0.1, 0.15) is 11.5 Å². The van der Waals surface area contributed by atoms with Gasteiger partial charge in [0.25, 0.3) is 0 Å². The Hall–Kier alpha value is -1.66. The third-order valence-corrected chi connectivity index (χ3v) is 3.10. The highest BCUT2D eigenvalue weighted by Crippen LogP contribution is 2.10. The molecule has 2 aliphatic rings. The van der Waals surface area contributed by atoms with Gasteiger partial charge in [-0.3, -0.25) is 0 Å². The smallest absolute Gasteiger partial charge is 0.181 e. The van der Waals surface area contributed by atoms with Crippen molar-refractivity contribution in [1.29, 1.82) is 0 Å². The number of hydrogen-bond acceptors (Lipinski definition) is 6. The van der Waals surface area contributed by atoms with Crippen LogP contribution in [0.3, 0.4) is 0 Å². The number of nitrogens with one attached hydrogen (secondary N) is 2. The van der Waals surface area contributed by atoms with Crippen molar-refractivity contribution in [2.75, 3.05) is 13.1 Å². The Bertz CT molecular complexity index is 418. The standard InChI is InChI=1S/2C6H8N2O/c2*1-2-7-3-6-5(1)8-4-9-6/h2*4,7H,1-3H2. The molecule has 0 saturated heterocycles. The van der Waals surface area contributed by atoms with Crippen molar-refractivity contribution in [2.45, 2.75) is 25.9 Å². The minimum Gasteiger partial charge on any atom is -0.447 e. The molecule has 2 aromatic heterocycles. The summed E-state index contributed by atoms with van der Waals surface area (Å²) < 4.78 is 10.2. The topological polar surface area (TPSA) is 76.1 Å². The Kier molecular flexibility index (Phi) is 3.38. The van der Waals surface area contributed by atoms with Crippen LogP contribution in [0.1, 0.15) is 22.9 Å². The lowest BCUT2D eigenvalue weighted by Crippen LogP contribution is -2.22. The average molecular weight is 248 g/mol. The van der Waals surface area contributed by atoms with Crippen molar-refractivity contribution in [3.63, 3.8) is 0 Å². The summed E-state index contributed by atoms with van der Waals surface area (Å²) >= 11 is 0. The second-order valence-corrected chi connectivity index (χ2v) is 4.30. The third kappa shape index (κ3) is 2.44. The molecule has 0 spiro atoms. The SMILES string of the molecule is c1nc2c(o1)CNCC2.c1nc2c(o1)CNCC2. The van der Waals surface area contributed by atoms with Crippen molar-refractivity contribution in [3.05, 3.63) is 35.7 Å². The van der Waals surface area contributed by atoms with Crippen LogP contribution in [0.2, 0.25) is 0 Å². The van der Waals surface area contributed by atoms with Crippen LogP contribution in [0.5, 0.6) is 0 Å². The van der Waals surface area contributed by atoms with E-state index in [2.05, 4.69) is 20.6 Å². The first kappa shape index (κ1) is 11.4. The molecule has 18 heavy (non-hydrogen) atoms. The molecule has 0 aliphatic carbocycles. The average Bonchev–Trinajstić information content (AvgIpc) is 3.08. The predicted octanol–water partition coefficient (Wildman–Crippen LogP) is 0.641. The largest absolute Gasteiger partial charge is 0.447 e. The number of hydrogen-bond donors (Lipinski definition) is 2. The monoisotopic (exact) mass is 248 g/mol. The Morgan fingerprint density at radius 3 is 1.78 bits per heavy atom. The van der Waals surface area contributed by atoms with Crippen molar-refractivity contribution < 1.29 is 8.83 Å². The van der Waals surface area contributed by atoms with E-state index in [4.69, 9.17) is 8.83 Å². The van der Waals surface area contributed by atoms with Crippen LogP contribution in [0.15, 0.2) is 21.6 Å². The summed E-state index contributed by atoms with van der Waals surface area (Å²) in [4.78, 5) is 8.10. The maximum atomic E-state index is 5.08. The van der Waals surface area contributed by atoms with E-state index in [1.807, 2.05) is 0 Å². The Balaban J connectivity index is 0.000000111. The fraction of sp³-hybridized carbons (Fsp3) is 0.500. The van der Waals surface area contributed by atoms with Gasteiger partial charge in [-0.05, 0) is 0 Å². The van der Waals surface area contributed by atoms with Crippen molar-refractivity contribution in [3.8, 4) is 0 Å². The fourth-order valence-electron chi connectivity index (χ4n) is 2.10. The minimum absolute atomic E-state index is 0.843. The van der Waals surface area contributed by atoms with Gasteiger partial charge in [-0.25, -0.2) is 9.97 Å². The Labute approximate surface area is 105 Å². The molecule has 0 unspecified atom stereocenters. The summed E-state index contributed by atoms with van der Waals surface area (Å²) in [6.07, 6.45) is 5.03. The highest BCUT2D eigenvalue weighted by molar-refractivity contribution is 5.10. The first-order chi connectivity index (χ1) is 8.93. The van der Waals surface area contributed by atoms with E-state index < -0.39 is 0 Å². The van der Waals surface area contributed by atoms with Gasteiger partial charge in [-0.1, -0.05) is 0 Å². The molecule has 0 amide bonds. The van der Waals surface area contributed by atoms with Crippen LogP contribution in [0.4, 0.5) is 0 Å². The zero-order chi connectivity index (χ0) is 12.2. The van der Waals surface area contributed by atoms with Gasteiger partial charge < -0.3 is 19.5 Å². The second kappa shape index (κ2) is 5.32. The third-order valence-electron chi connectivity index (χ3n) is 3.10. The van der Waals surface area contributed by atoms with Crippen LogP contribution in [-0.4, -0.2) is 23.1 Å². The van der Waals surface area contributed by atoms with Gasteiger partial charge in [-0.15, -0.1) is 0 Å². The number of aromatic nitrogens is 2. The van der Waals surface area contributed by atoms with Crippen molar-refractivity contribution in [1.82, 2.24) is 20.6 Å². The molecule has 2 N–H and O–H groups in total. The zero-order valence-corrected chi connectivity index (χ0v) is 10.1. The van der Waals surface area contributed by atoms with E-state index in [9.17, 15) is 0 Å². The van der Waals surface area contributed by atoms with Gasteiger partial charge in [0.15, 0.2) is 12.8 Å². The molecule has 4 heterocycles. The molecule has 6 heteroatoms. The van der Waals surface area contributed by atoms with Crippen molar-refractivity contribution >= 4 is 0 Å².